The van der Waals surface area contributed by atoms with Gasteiger partial charge in [-0.25, -0.2) is 8.42 Å². The maximum absolute atomic E-state index is 13.3. The molecule has 0 aromatic heterocycles. The zero-order chi connectivity index (χ0) is 26.1. The van der Waals surface area contributed by atoms with E-state index in [0.717, 1.165) is 16.9 Å². The number of hydrogen-bond donors (Lipinski definition) is 2. The molecule has 0 amide bonds. The molecule has 7 nitrogen and oxygen atoms in total. The number of nitrogens with two attached hydrogens (primary N) is 1. The molecular formula is C28H36N2O5S. The molecule has 0 aliphatic rings. The lowest BCUT2D eigenvalue weighted by molar-refractivity contribution is 0.116. The first-order valence-electron chi connectivity index (χ1n) is 12.0. The van der Waals surface area contributed by atoms with Gasteiger partial charge in [-0.1, -0.05) is 56.3 Å². The van der Waals surface area contributed by atoms with Gasteiger partial charge < -0.3 is 20.3 Å². The van der Waals surface area contributed by atoms with E-state index in [1.165, 1.54) is 23.5 Å². The van der Waals surface area contributed by atoms with Crippen LogP contribution in [0, 0.1) is 5.92 Å². The number of aliphatic hydroxyl groups excluding tert-OH is 1. The van der Waals surface area contributed by atoms with Gasteiger partial charge in [0.25, 0.3) is 0 Å². The van der Waals surface area contributed by atoms with E-state index in [2.05, 4.69) is 0 Å². The molecule has 0 fully saturated rings. The van der Waals surface area contributed by atoms with Crippen molar-refractivity contribution in [1.29, 1.82) is 0 Å². The van der Waals surface area contributed by atoms with Crippen molar-refractivity contribution < 1.29 is 23.0 Å². The number of hydrogen-bond acceptors (Lipinski definition) is 6. The van der Waals surface area contributed by atoms with Crippen molar-refractivity contribution in [3.63, 3.8) is 0 Å². The summed E-state index contributed by atoms with van der Waals surface area (Å²) in [7, 11) is -2.29. The van der Waals surface area contributed by atoms with Gasteiger partial charge in [-0.15, -0.1) is 0 Å². The van der Waals surface area contributed by atoms with E-state index in [-0.39, 0.29) is 23.9 Å². The number of aliphatic hydroxyl groups is 1. The van der Waals surface area contributed by atoms with Crippen molar-refractivity contribution in [2.75, 3.05) is 20.2 Å². The summed E-state index contributed by atoms with van der Waals surface area (Å²) >= 11 is 0. The quantitative estimate of drug-likeness (QED) is 0.361. The lowest BCUT2D eigenvalue weighted by Crippen LogP contribution is -2.47. The second-order valence-corrected chi connectivity index (χ2v) is 11.2. The van der Waals surface area contributed by atoms with Gasteiger partial charge in [-0.3, -0.25) is 0 Å². The van der Waals surface area contributed by atoms with E-state index in [1.807, 2.05) is 68.4 Å². The third-order valence-corrected chi connectivity index (χ3v) is 7.64. The fraction of sp³-hybridized carbons (Fsp3) is 0.357. The fourth-order valence-electron chi connectivity index (χ4n) is 3.79. The van der Waals surface area contributed by atoms with Crippen molar-refractivity contribution in [2.45, 2.75) is 43.9 Å². The topological polar surface area (TPSA) is 102 Å². The first-order valence-corrected chi connectivity index (χ1v) is 13.5. The van der Waals surface area contributed by atoms with Gasteiger partial charge >= 0.3 is 0 Å². The van der Waals surface area contributed by atoms with Crippen LogP contribution in [0.25, 0.3) is 0 Å². The predicted octanol–water partition coefficient (Wildman–Crippen LogP) is 3.85. The first kappa shape index (κ1) is 27.7. The molecule has 0 radical (unpaired) electrons. The Kier molecular flexibility index (Phi) is 9.89. The SMILES string of the molecule is COc1ccc(S(=O)(=O)N(CC(C)C)C[C@@H](O)[C@@H](N)Cc2ccc(OCc3ccccc3)cc2)cc1. The molecular weight excluding hydrogens is 476 g/mol. The minimum Gasteiger partial charge on any atom is -0.497 e. The van der Waals surface area contributed by atoms with Crippen LogP contribution < -0.4 is 15.2 Å². The Bertz CT molecular complexity index is 1170. The van der Waals surface area contributed by atoms with Gasteiger partial charge in [0.15, 0.2) is 0 Å². The van der Waals surface area contributed by atoms with Crippen LogP contribution in [0.4, 0.5) is 0 Å². The summed E-state index contributed by atoms with van der Waals surface area (Å²) in [4.78, 5) is 0.149. The largest absolute Gasteiger partial charge is 0.497 e. The molecule has 0 spiro atoms. The maximum atomic E-state index is 13.3. The van der Waals surface area contributed by atoms with E-state index >= 15 is 0 Å². The van der Waals surface area contributed by atoms with Gasteiger partial charge in [0, 0.05) is 19.1 Å². The molecule has 0 unspecified atom stereocenters. The molecule has 0 saturated heterocycles. The second kappa shape index (κ2) is 12.9. The summed E-state index contributed by atoms with van der Waals surface area (Å²) in [5.41, 5.74) is 8.32. The summed E-state index contributed by atoms with van der Waals surface area (Å²) < 4.78 is 38.9. The van der Waals surface area contributed by atoms with Crippen LogP contribution in [0.1, 0.15) is 25.0 Å². The van der Waals surface area contributed by atoms with Crippen molar-refractivity contribution >= 4 is 10.0 Å². The van der Waals surface area contributed by atoms with Crippen LogP contribution in [0.5, 0.6) is 11.5 Å². The smallest absolute Gasteiger partial charge is 0.243 e. The van der Waals surface area contributed by atoms with Gasteiger partial charge in [-0.05, 0) is 59.9 Å². The van der Waals surface area contributed by atoms with Crippen molar-refractivity contribution in [1.82, 2.24) is 4.31 Å². The van der Waals surface area contributed by atoms with Gasteiger partial charge in [0.1, 0.15) is 18.1 Å². The summed E-state index contributed by atoms with van der Waals surface area (Å²) in [6.45, 7) is 4.53. The average Bonchev–Trinajstić information content (AvgIpc) is 2.88. The van der Waals surface area contributed by atoms with Crippen LogP contribution in [-0.2, 0) is 23.1 Å². The predicted molar refractivity (Wildman–Crippen MR) is 141 cm³/mol. The average molecular weight is 513 g/mol. The van der Waals surface area contributed by atoms with E-state index in [1.54, 1.807) is 12.1 Å². The van der Waals surface area contributed by atoms with Crippen LogP contribution in [0.15, 0.2) is 83.8 Å². The highest BCUT2D eigenvalue weighted by Gasteiger charge is 2.29. The monoisotopic (exact) mass is 512 g/mol. The molecule has 0 aliphatic heterocycles. The lowest BCUT2D eigenvalue weighted by Gasteiger charge is -2.28. The van der Waals surface area contributed by atoms with Crippen LogP contribution in [0.3, 0.4) is 0 Å². The number of sulfonamides is 1. The second-order valence-electron chi connectivity index (χ2n) is 9.24. The fourth-order valence-corrected chi connectivity index (χ4v) is 5.41. The Morgan fingerprint density at radius 1 is 0.861 bits per heavy atom. The number of ether oxygens (including phenoxy) is 2. The van der Waals surface area contributed by atoms with E-state index in [0.29, 0.717) is 18.8 Å². The third-order valence-electron chi connectivity index (χ3n) is 5.79. The van der Waals surface area contributed by atoms with Gasteiger partial charge in [0.05, 0.1) is 18.1 Å². The van der Waals surface area contributed by atoms with E-state index < -0.39 is 22.2 Å². The molecule has 8 heteroatoms. The molecule has 3 N–H and O–H groups in total. The molecule has 2 atom stereocenters. The summed E-state index contributed by atoms with van der Waals surface area (Å²) in [5, 5.41) is 10.8. The van der Waals surface area contributed by atoms with Gasteiger partial charge in [0.2, 0.25) is 10.0 Å². The zero-order valence-corrected chi connectivity index (χ0v) is 21.9. The first-order chi connectivity index (χ1) is 17.2. The highest BCUT2D eigenvalue weighted by atomic mass is 32.2. The van der Waals surface area contributed by atoms with E-state index in [4.69, 9.17) is 15.2 Å². The Morgan fingerprint density at radius 2 is 1.47 bits per heavy atom. The Morgan fingerprint density at radius 3 is 2.06 bits per heavy atom. The van der Waals surface area contributed by atoms with Crippen molar-refractivity contribution in [2.24, 2.45) is 11.7 Å². The summed E-state index contributed by atoms with van der Waals surface area (Å²) in [6.07, 6.45) is -0.635. The minimum absolute atomic E-state index is 0.0740. The standard InChI is InChI=1S/C28H36N2O5S/c1-21(2)18-30(36(32,33)26-15-13-24(34-3)14-16-26)19-28(31)27(29)17-22-9-11-25(12-10-22)35-20-23-7-5-4-6-8-23/h4-16,21,27-28,31H,17-20,29H2,1-3H3/t27-,28+/m0/s1. The van der Waals surface area contributed by atoms with Crippen LogP contribution in [0.2, 0.25) is 0 Å². The summed E-state index contributed by atoms with van der Waals surface area (Å²) in [6, 6.07) is 23.1. The lowest BCUT2D eigenvalue weighted by atomic mass is 10.0. The molecule has 0 heterocycles. The van der Waals surface area contributed by atoms with Crippen LogP contribution in [-0.4, -0.2) is 50.2 Å². The molecule has 0 bridgehead atoms. The summed E-state index contributed by atoms with van der Waals surface area (Å²) in [5.74, 6) is 1.39. The molecule has 3 aromatic carbocycles. The van der Waals surface area contributed by atoms with Crippen molar-refractivity contribution in [3.05, 3.63) is 90.0 Å². The normalized spacial score (nSPS) is 13.5. The molecule has 36 heavy (non-hydrogen) atoms. The molecule has 0 aliphatic carbocycles. The Labute approximate surface area is 214 Å². The maximum Gasteiger partial charge on any atom is 0.243 e. The Balaban J connectivity index is 1.62. The highest BCUT2D eigenvalue weighted by Crippen LogP contribution is 2.22. The number of benzene rings is 3. The zero-order valence-electron chi connectivity index (χ0n) is 21.1. The van der Waals surface area contributed by atoms with E-state index in [9.17, 15) is 13.5 Å². The van der Waals surface area contributed by atoms with Gasteiger partial charge in [-0.2, -0.15) is 4.31 Å². The van der Waals surface area contributed by atoms with Crippen molar-refractivity contribution in [3.8, 4) is 11.5 Å². The van der Waals surface area contributed by atoms with Crippen LogP contribution >= 0.6 is 0 Å². The molecule has 3 aromatic rings. The Hall–Kier alpha value is -2.91. The number of rotatable bonds is 13. The number of methoxy groups -OCH3 is 1. The molecule has 194 valence electrons. The highest BCUT2D eigenvalue weighted by molar-refractivity contribution is 7.89. The molecule has 3 rings (SSSR count). The molecule has 0 saturated carbocycles. The minimum atomic E-state index is -3.81. The number of nitrogens with zero attached hydrogens (tertiary/aromatic N) is 1. The third kappa shape index (κ3) is 7.80.